The van der Waals surface area contributed by atoms with Crippen LogP contribution in [0.25, 0.3) is 0 Å². The van der Waals surface area contributed by atoms with E-state index < -0.39 is 0 Å². The van der Waals surface area contributed by atoms with Crippen molar-refractivity contribution in [2.45, 2.75) is 4.90 Å². The number of rotatable bonds is 5. The number of hydrogen-bond acceptors (Lipinski definition) is 4. The van der Waals surface area contributed by atoms with Crippen molar-refractivity contribution in [3.8, 4) is 0 Å². The maximum Gasteiger partial charge on any atom is 0.252 e. The van der Waals surface area contributed by atoms with Crippen LogP contribution < -0.4 is 5.32 Å². The molecule has 4 nitrogen and oxygen atoms in total. The third-order valence-corrected chi connectivity index (χ3v) is 4.46. The highest BCUT2D eigenvalue weighted by Gasteiger charge is 2.14. The highest BCUT2D eigenvalue weighted by atomic mass is 32.2. The van der Waals surface area contributed by atoms with Crippen LogP contribution in [0.4, 0.5) is 0 Å². The van der Waals surface area contributed by atoms with Gasteiger partial charge >= 0.3 is 0 Å². The van der Waals surface area contributed by atoms with Gasteiger partial charge in [-0.05, 0) is 25.4 Å². The van der Waals surface area contributed by atoms with Gasteiger partial charge in [-0.2, -0.15) is 0 Å². The summed E-state index contributed by atoms with van der Waals surface area (Å²) in [4.78, 5) is 17.9. The van der Waals surface area contributed by atoms with Crippen LogP contribution in [0.2, 0.25) is 0 Å². The topological polar surface area (TPSA) is 35.6 Å². The van der Waals surface area contributed by atoms with Crippen molar-refractivity contribution in [2.75, 3.05) is 52.6 Å². The van der Waals surface area contributed by atoms with E-state index in [1.165, 1.54) is 0 Å². The summed E-state index contributed by atoms with van der Waals surface area (Å²) in [6.07, 6.45) is 2.00. The molecule has 1 N–H and O–H groups in total. The van der Waals surface area contributed by atoms with Gasteiger partial charge in [0.15, 0.2) is 0 Å². The Labute approximate surface area is 125 Å². The van der Waals surface area contributed by atoms with Crippen molar-refractivity contribution < 1.29 is 4.79 Å². The van der Waals surface area contributed by atoms with Crippen molar-refractivity contribution in [2.24, 2.45) is 0 Å². The summed E-state index contributed by atoms with van der Waals surface area (Å²) in [5.74, 6) is 0.0316. The molecule has 1 fully saturated rings. The predicted molar refractivity (Wildman–Crippen MR) is 84.5 cm³/mol. The average molecular weight is 293 g/mol. The van der Waals surface area contributed by atoms with Gasteiger partial charge in [0.05, 0.1) is 5.56 Å². The summed E-state index contributed by atoms with van der Waals surface area (Å²) in [5, 5.41) is 3.02. The molecule has 0 saturated carbocycles. The van der Waals surface area contributed by atoms with Gasteiger partial charge in [0, 0.05) is 44.2 Å². The molecular weight excluding hydrogens is 270 g/mol. The molecule has 0 radical (unpaired) electrons. The molecule has 0 aromatic heterocycles. The lowest BCUT2D eigenvalue weighted by Crippen LogP contribution is -2.46. The number of amides is 1. The SMILES string of the molecule is CSc1ccccc1C(=O)NCCN1CCN(C)CC1. The van der Waals surface area contributed by atoms with Gasteiger partial charge in [0.1, 0.15) is 0 Å². The van der Waals surface area contributed by atoms with Gasteiger partial charge in [0.2, 0.25) is 0 Å². The lowest BCUT2D eigenvalue weighted by atomic mass is 10.2. The molecule has 1 heterocycles. The van der Waals surface area contributed by atoms with Gasteiger partial charge in [-0.15, -0.1) is 11.8 Å². The number of thioether (sulfide) groups is 1. The Morgan fingerprint density at radius 2 is 1.95 bits per heavy atom. The molecule has 20 heavy (non-hydrogen) atoms. The van der Waals surface area contributed by atoms with Gasteiger partial charge in [-0.3, -0.25) is 9.69 Å². The number of carbonyl (C=O) groups is 1. The summed E-state index contributed by atoms with van der Waals surface area (Å²) in [7, 11) is 2.15. The van der Waals surface area contributed by atoms with E-state index in [-0.39, 0.29) is 5.91 Å². The Kier molecular flexibility index (Phi) is 5.88. The van der Waals surface area contributed by atoms with Gasteiger partial charge in [-0.1, -0.05) is 12.1 Å². The zero-order valence-corrected chi connectivity index (χ0v) is 13.1. The molecule has 0 atom stereocenters. The molecule has 110 valence electrons. The molecule has 0 bridgehead atoms. The highest BCUT2D eigenvalue weighted by Crippen LogP contribution is 2.19. The number of piperazine rings is 1. The van der Waals surface area contributed by atoms with Gasteiger partial charge in [0.25, 0.3) is 5.91 Å². The van der Waals surface area contributed by atoms with Gasteiger partial charge < -0.3 is 10.2 Å². The number of hydrogen-bond donors (Lipinski definition) is 1. The smallest absolute Gasteiger partial charge is 0.252 e. The van der Waals surface area contributed by atoms with Crippen LogP contribution in [0.15, 0.2) is 29.2 Å². The summed E-state index contributed by atoms with van der Waals surface area (Å²) in [5.41, 5.74) is 0.776. The van der Waals surface area contributed by atoms with Crippen molar-refractivity contribution in [1.82, 2.24) is 15.1 Å². The Hall–Kier alpha value is -1.04. The van der Waals surface area contributed by atoms with Crippen LogP contribution in [0.3, 0.4) is 0 Å². The van der Waals surface area contributed by atoms with E-state index in [9.17, 15) is 4.79 Å². The molecule has 1 saturated heterocycles. The third kappa shape index (κ3) is 4.23. The van der Waals surface area contributed by atoms with E-state index in [4.69, 9.17) is 0 Å². The van der Waals surface area contributed by atoms with E-state index in [0.717, 1.165) is 43.2 Å². The van der Waals surface area contributed by atoms with E-state index >= 15 is 0 Å². The van der Waals surface area contributed by atoms with Crippen molar-refractivity contribution in [1.29, 1.82) is 0 Å². The minimum atomic E-state index is 0.0316. The lowest BCUT2D eigenvalue weighted by Gasteiger charge is -2.32. The minimum Gasteiger partial charge on any atom is -0.351 e. The van der Waals surface area contributed by atoms with Crippen LogP contribution in [0.1, 0.15) is 10.4 Å². The van der Waals surface area contributed by atoms with Crippen molar-refractivity contribution >= 4 is 17.7 Å². The molecule has 1 amide bonds. The molecule has 1 aromatic rings. The summed E-state index contributed by atoms with van der Waals surface area (Å²) >= 11 is 1.61. The number of nitrogens with one attached hydrogen (secondary N) is 1. The highest BCUT2D eigenvalue weighted by molar-refractivity contribution is 7.98. The fourth-order valence-corrected chi connectivity index (χ4v) is 2.92. The summed E-state index contributed by atoms with van der Waals surface area (Å²) in [6.45, 7) is 6.06. The zero-order valence-electron chi connectivity index (χ0n) is 12.3. The second-order valence-corrected chi connectivity index (χ2v) is 5.95. The summed E-state index contributed by atoms with van der Waals surface area (Å²) < 4.78 is 0. The quantitative estimate of drug-likeness (QED) is 0.832. The Morgan fingerprint density at radius 1 is 1.25 bits per heavy atom. The lowest BCUT2D eigenvalue weighted by molar-refractivity contribution is 0.0938. The standard InChI is InChI=1S/C15H23N3OS/c1-17-9-11-18(12-10-17)8-7-16-15(19)13-5-3-4-6-14(13)20-2/h3-6H,7-12H2,1-2H3,(H,16,19). The second kappa shape index (κ2) is 7.67. The van der Waals surface area contributed by atoms with Crippen molar-refractivity contribution in [3.05, 3.63) is 29.8 Å². The molecule has 1 aromatic carbocycles. The molecule has 1 aliphatic rings. The first-order valence-corrected chi connectivity index (χ1v) is 8.25. The molecule has 1 aliphatic heterocycles. The molecule has 0 aliphatic carbocycles. The normalized spacial score (nSPS) is 17.1. The zero-order chi connectivity index (χ0) is 14.4. The third-order valence-electron chi connectivity index (χ3n) is 3.66. The fourth-order valence-electron chi connectivity index (χ4n) is 2.33. The second-order valence-electron chi connectivity index (χ2n) is 5.10. The van der Waals surface area contributed by atoms with Crippen LogP contribution in [-0.4, -0.2) is 68.3 Å². The number of nitrogens with zero attached hydrogens (tertiary/aromatic N) is 2. The minimum absolute atomic E-state index is 0.0316. The molecule has 5 heteroatoms. The first kappa shape index (κ1) is 15.4. The maximum atomic E-state index is 12.2. The predicted octanol–water partition coefficient (Wildman–Crippen LogP) is 1.39. The van der Waals surface area contributed by atoms with Crippen LogP contribution >= 0.6 is 11.8 Å². The largest absolute Gasteiger partial charge is 0.351 e. The van der Waals surface area contributed by atoms with Crippen molar-refractivity contribution in [3.63, 3.8) is 0 Å². The first-order chi connectivity index (χ1) is 9.70. The molecule has 0 spiro atoms. The van der Waals surface area contributed by atoms with Crippen LogP contribution in [0, 0.1) is 0 Å². The number of carbonyl (C=O) groups excluding carboxylic acids is 1. The molecule has 0 unspecified atom stereocenters. The van der Waals surface area contributed by atoms with Crippen LogP contribution in [0.5, 0.6) is 0 Å². The maximum absolute atomic E-state index is 12.2. The van der Waals surface area contributed by atoms with Crippen LogP contribution in [-0.2, 0) is 0 Å². The molecular formula is C15H23N3OS. The summed E-state index contributed by atoms with van der Waals surface area (Å²) in [6, 6.07) is 7.75. The van der Waals surface area contributed by atoms with E-state index in [0.29, 0.717) is 6.54 Å². The molecule has 2 rings (SSSR count). The Morgan fingerprint density at radius 3 is 2.65 bits per heavy atom. The van der Waals surface area contributed by atoms with Gasteiger partial charge in [-0.25, -0.2) is 0 Å². The Bertz CT molecular complexity index is 444. The van der Waals surface area contributed by atoms with E-state index in [1.807, 2.05) is 30.5 Å². The van der Waals surface area contributed by atoms with E-state index in [1.54, 1.807) is 11.8 Å². The fraction of sp³-hybridized carbons (Fsp3) is 0.533. The number of likely N-dealkylation sites (N-methyl/N-ethyl adjacent to an activating group) is 1. The number of benzene rings is 1. The first-order valence-electron chi connectivity index (χ1n) is 7.03. The monoisotopic (exact) mass is 293 g/mol. The average Bonchev–Trinajstić information content (AvgIpc) is 2.49. The van der Waals surface area contributed by atoms with E-state index in [2.05, 4.69) is 22.2 Å². The Balaban J connectivity index is 1.78.